The highest BCUT2D eigenvalue weighted by Gasteiger charge is 2.23. The van der Waals surface area contributed by atoms with Crippen molar-refractivity contribution in [2.45, 2.75) is 34.1 Å². The SMILES string of the molecule is Cc1cc(C)c(NC(=O)c2cc(C)nc(N3CCc4ccccc43)n2)c(C)c1. The molecule has 1 aliphatic rings. The third kappa shape index (κ3) is 3.36. The minimum absolute atomic E-state index is 0.214. The van der Waals surface area contributed by atoms with Gasteiger partial charge in [0.2, 0.25) is 5.95 Å². The first kappa shape index (κ1) is 18.2. The van der Waals surface area contributed by atoms with Crippen LogP contribution in [0.1, 0.15) is 38.4 Å². The van der Waals surface area contributed by atoms with Crippen molar-refractivity contribution in [1.82, 2.24) is 9.97 Å². The van der Waals surface area contributed by atoms with E-state index in [9.17, 15) is 4.79 Å². The van der Waals surface area contributed by atoms with Crippen molar-refractivity contribution in [2.24, 2.45) is 0 Å². The molecule has 0 radical (unpaired) electrons. The second kappa shape index (κ2) is 7.08. The van der Waals surface area contributed by atoms with E-state index in [-0.39, 0.29) is 5.91 Å². The topological polar surface area (TPSA) is 58.1 Å². The summed E-state index contributed by atoms with van der Waals surface area (Å²) in [7, 11) is 0. The molecule has 0 bridgehead atoms. The molecule has 5 heteroatoms. The van der Waals surface area contributed by atoms with Gasteiger partial charge in [0.25, 0.3) is 5.91 Å². The van der Waals surface area contributed by atoms with Crippen molar-refractivity contribution < 1.29 is 4.79 Å². The van der Waals surface area contributed by atoms with E-state index in [1.807, 2.05) is 32.9 Å². The van der Waals surface area contributed by atoms with E-state index in [0.29, 0.717) is 11.6 Å². The summed E-state index contributed by atoms with van der Waals surface area (Å²) < 4.78 is 0. The molecule has 142 valence electrons. The Balaban J connectivity index is 1.66. The summed E-state index contributed by atoms with van der Waals surface area (Å²) in [5.41, 5.74) is 7.67. The number of rotatable bonds is 3. The van der Waals surface area contributed by atoms with Crippen LogP contribution in [0.5, 0.6) is 0 Å². The number of amides is 1. The number of nitrogens with zero attached hydrogens (tertiary/aromatic N) is 3. The van der Waals surface area contributed by atoms with Gasteiger partial charge in [0, 0.05) is 23.6 Å². The molecule has 0 unspecified atom stereocenters. The molecule has 28 heavy (non-hydrogen) atoms. The number of para-hydroxylation sites is 1. The van der Waals surface area contributed by atoms with Crippen LogP contribution in [-0.4, -0.2) is 22.4 Å². The molecule has 1 amide bonds. The number of fused-ring (bicyclic) bond motifs is 1. The Bertz CT molecular complexity index is 1050. The maximum Gasteiger partial charge on any atom is 0.274 e. The van der Waals surface area contributed by atoms with E-state index >= 15 is 0 Å². The van der Waals surface area contributed by atoms with E-state index < -0.39 is 0 Å². The van der Waals surface area contributed by atoms with E-state index in [1.54, 1.807) is 6.07 Å². The highest BCUT2D eigenvalue weighted by molar-refractivity contribution is 6.04. The minimum Gasteiger partial charge on any atom is -0.320 e. The molecule has 3 aromatic rings. The first-order valence-corrected chi connectivity index (χ1v) is 9.52. The van der Waals surface area contributed by atoms with Gasteiger partial charge in [-0.1, -0.05) is 35.9 Å². The molecule has 0 saturated carbocycles. The largest absolute Gasteiger partial charge is 0.320 e. The zero-order chi connectivity index (χ0) is 19.8. The highest BCUT2D eigenvalue weighted by Crippen LogP contribution is 2.32. The van der Waals surface area contributed by atoms with Gasteiger partial charge < -0.3 is 10.2 Å². The molecule has 1 N–H and O–H groups in total. The average molecular weight is 372 g/mol. The number of nitrogens with one attached hydrogen (secondary N) is 1. The van der Waals surface area contributed by atoms with E-state index in [1.165, 1.54) is 11.1 Å². The number of carbonyl (C=O) groups excluding carboxylic acids is 1. The third-order valence-corrected chi connectivity index (χ3v) is 5.12. The van der Waals surface area contributed by atoms with E-state index in [0.717, 1.165) is 41.2 Å². The van der Waals surface area contributed by atoms with Gasteiger partial charge in [0.1, 0.15) is 5.69 Å². The zero-order valence-electron chi connectivity index (χ0n) is 16.7. The number of hydrogen-bond acceptors (Lipinski definition) is 4. The second-order valence-electron chi connectivity index (χ2n) is 7.45. The van der Waals surface area contributed by atoms with Gasteiger partial charge in [0.05, 0.1) is 0 Å². The Morgan fingerprint density at radius 1 is 1.00 bits per heavy atom. The molecule has 5 nitrogen and oxygen atoms in total. The van der Waals surface area contributed by atoms with Crippen molar-refractivity contribution in [2.75, 3.05) is 16.8 Å². The number of benzene rings is 2. The van der Waals surface area contributed by atoms with Crippen molar-refractivity contribution in [3.8, 4) is 0 Å². The van der Waals surface area contributed by atoms with Crippen LogP contribution in [0.3, 0.4) is 0 Å². The summed E-state index contributed by atoms with van der Waals surface area (Å²) in [5, 5.41) is 3.04. The first-order valence-electron chi connectivity index (χ1n) is 9.52. The Kier molecular flexibility index (Phi) is 4.59. The van der Waals surface area contributed by atoms with Gasteiger partial charge in [-0.2, -0.15) is 0 Å². The molecule has 0 fully saturated rings. The van der Waals surface area contributed by atoms with Crippen LogP contribution in [0, 0.1) is 27.7 Å². The van der Waals surface area contributed by atoms with Crippen molar-refractivity contribution in [3.63, 3.8) is 0 Å². The van der Waals surface area contributed by atoms with Crippen LogP contribution >= 0.6 is 0 Å². The van der Waals surface area contributed by atoms with Crippen LogP contribution in [0.4, 0.5) is 17.3 Å². The molecule has 0 saturated heterocycles. The smallest absolute Gasteiger partial charge is 0.274 e. The van der Waals surface area contributed by atoms with E-state index in [2.05, 4.69) is 51.4 Å². The van der Waals surface area contributed by atoms with Gasteiger partial charge in [-0.15, -0.1) is 0 Å². The normalized spacial score (nSPS) is 12.8. The average Bonchev–Trinajstić information content (AvgIpc) is 3.08. The summed E-state index contributed by atoms with van der Waals surface area (Å²) >= 11 is 0. The summed E-state index contributed by atoms with van der Waals surface area (Å²) in [5.74, 6) is 0.363. The predicted molar refractivity (Wildman–Crippen MR) is 113 cm³/mol. The number of aromatic nitrogens is 2. The minimum atomic E-state index is -0.214. The lowest BCUT2D eigenvalue weighted by molar-refractivity contribution is 0.102. The Morgan fingerprint density at radius 2 is 1.71 bits per heavy atom. The molecular weight excluding hydrogens is 348 g/mol. The maximum absolute atomic E-state index is 12.9. The van der Waals surface area contributed by atoms with Gasteiger partial charge >= 0.3 is 0 Å². The second-order valence-corrected chi connectivity index (χ2v) is 7.45. The molecular formula is C23H24N4O. The fourth-order valence-corrected chi connectivity index (χ4v) is 3.89. The predicted octanol–water partition coefficient (Wildman–Crippen LogP) is 4.66. The van der Waals surface area contributed by atoms with Crippen molar-refractivity contribution in [3.05, 3.63) is 76.1 Å². The number of carbonyl (C=O) groups is 1. The van der Waals surface area contributed by atoms with Crippen LogP contribution in [0.2, 0.25) is 0 Å². The summed E-state index contributed by atoms with van der Waals surface area (Å²) in [6.07, 6.45) is 0.955. The lowest BCUT2D eigenvalue weighted by Crippen LogP contribution is -2.21. The quantitative estimate of drug-likeness (QED) is 0.727. The van der Waals surface area contributed by atoms with Crippen molar-refractivity contribution in [1.29, 1.82) is 0 Å². The van der Waals surface area contributed by atoms with Gasteiger partial charge in [-0.05, 0) is 62.9 Å². The molecule has 0 spiro atoms. The fraction of sp³-hybridized carbons (Fsp3) is 0.261. The Hall–Kier alpha value is -3.21. The highest BCUT2D eigenvalue weighted by atomic mass is 16.1. The molecule has 0 aliphatic carbocycles. The summed E-state index contributed by atoms with van der Waals surface area (Å²) in [6, 6.07) is 14.1. The lowest BCUT2D eigenvalue weighted by Gasteiger charge is -2.18. The molecule has 1 aromatic heterocycles. The molecule has 4 rings (SSSR count). The van der Waals surface area contributed by atoms with Crippen LogP contribution in [-0.2, 0) is 6.42 Å². The number of anilines is 3. The van der Waals surface area contributed by atoms with Crippen LogP contribution in [0.25, 0.3) is 0 Å². The summed E-state index contributed by atoms with van der Waals surface area (Å²) in [4.78, 5) is 24.2. The number of aryl methyl sites for hydroxylation is 4. The van der Waals surface area contributed by atoms with Gasteiger partial charge in [-0.3, -0.25) is 4.79 Å². The van der Waals surface area contributed by atoms with Gasteiger partial charge in [0.15, 0.2) is 0 Å². The van der Waals surface area contributed by atoms with E-state index in [4.69, 9.17) is 0 Å². The molecule has 2 aromatic carbocycles. The maximum atomic E-state index is 12.9. The summed E-state index contributed by atoms with van der Waals surface area (Å²) in [6.45, 7) is 8.78. The standard InChI is InChI=1S/C23H24N4O/c1-14-11-15(2)21(16(3)12-14)26-22(28)19-13-17(4)24-23(25-19)27-10-9-18-7-5-6-8-20(18)27/h5-8,11-13H,9-10H2,1-4H3,(H,26,28). The Morgan fingerprint density at radius 3 is 2.46 bits per heavy atom. The van der Waals surface area contributed by atoms with Crippen LogP contribution in [0.15, 0.2) is 42.5 Å². The first-order chi connectivity index (χ1) is 13.4. The van der Waals surface area contributed by atoms with Crippen LogP contribution < -0.4 is 10.2 Å². The Labute approximate surface area is 165 Å². The fourth-order valence-electron chi connectivity index (χ4n) is 3.89. The lowest BCUT2D eigenvalue weighted by atomic mass is 10.0. The molecule has 1 aliphatic heterocycles. The molecule has 0 atom stereocenters. The van der Waals surface area contributed by atoms with Gasteiger partial charge in [-0.25, -0.2) is 9.97 Å². The monoisotopic (exact) mass is 372 g/mol. The number of hydrogen-bond donors (Lipinski definition) is 1. The molecule has 2 heterocycles. The van der Waals surface area contributed by atoms with Crippen molar-refractivity contribution >= 4 is 23.2 Å². The third-order valence-electron chi connectivity index (χ3n) is 5.12. The zero-order valence-corrected chi connectivity index (χ0v) is 16.7.